The summed E-state index contributed by atoms with van der Waals surface area (Å²) >= 11 is 0. The molecule has 2 aromatic rings. The maximum Gasteiger partial charge on any atom is 0.240 e. The molecule has 1 N–H and O–H groups in total. The van der Waals surface area contributed by atoms with Crippen molar-refractivity contribution >= 4 is 15.8 Å². The Hall–Kier alpha value is -2.43. The monoisotopic (exact) mass is 408 g/mol. The topological polar surface area (TPSA) is 103 Å². The lowest BCUT2D eigenvalue weighted by Gasteiger charge is -2.28. The van der Waals surface area contributed by atoms with E-state index in [1.165, 1.54) is 19.2 Å². The van der Waals surface area contributed by atoms with Crippen molar-refractivity contribution in [2.45, 2.75) is 11.8 Å². The van der Waals surface area contributed by atoms with Crippen molar-refractivity contribution < 1.29 is 22.6 Å². The molecule has 0 spiro atoms. The first kappa shape index (κ1) is 20.3. The van der Waals surface area contributed by atoms with E-state index in [0.717, 1.165) is 18.9 Å². The van der Waals surface area contributed by atoms with Gasteiger partial charge in [0.1, 0.15) is 24.0 Å². The van der Waals surface area contributed by atoms with Crippen LogP contribution in [0.15, 0.2) is 35.2 Å². The van der Waals surface area contributed by atoms with Crippen LogP contribution in [0.25, 0.3) is 0 Å². The fourth-order valence-electron chi connectivity index (χ4n) is 2.74. The highest BCUT2D eigenvalue weighted by molar-refractivity contribution is 7.89. The summed E-state index contributed by atoms with van der Waals surface area (Å²) in [4.78, 5) is 10.9. The van der Waals surface area contributed by atoms with Crippen molar-refractivity contribution in [2.75, 3.05) is 51.5 Å². The van der Waals surface area contributed by atoms with Gasteiger partial charge in [-0.2, -0.15) is 4.98 Å². The zero-order chi connectivity index (χ0) is 20.0. The van der Waals surface area contributed by atoms with Crippen LogP contribution in [0, 0.1) is 6.92 Å². The Morgan fingerprint density at radius 2 is 2.00 bits per heavy atom. The average Bonchev–Trinajstić information content (AvgIpc) is 2.71. The van der Waals surface area contributed by atoms with Crippen LogP contribution in [0.4, 0.5) is 5.82 Å². The van der Waals surface area contributed by atoms with E-state index in [1.54, 1.807) is 25.1 Å². The summed E-state index contributed by atoms with van der Waals surface area (Å²) in [6.07, 6.45) is 0. The van der Waals surface area contributed by atoms with Gasteiger partial charge >= 0.3 is 0 Å². The summed E-state index contributed by atoms with van der Waals surface area (Å²) in [5.41, 5.74) is 0. The number of nitrogens with zero attached hydrogens (tertiary/aromatic N) is 3. The molecule has 1 saturated heterocycles. The molecular weight excluding hydrogens is 384 g/mol. The normalized spacial score (nSPS) is 14.7. The number of hydrogen-bond acceptors (Lipinski definition) is 8. The van der Waals surface area contributed by atoms with Crippen molar-refractivity contribution in [1.29, 1.82) is 0 Å². The number of anilines is 1. The molecule has 9 nitrogen and oxygen atoms in total. The first-order valence-corrected chi connectivity index (χ1v) is 10.4. The molecule has 3 rings (SSSR count). The standard InChI is InChI=1S/C18H24N4O5S/c1-14-20-17(22-7-10-26-11-8-22)13-18(21-14)27-9-6-19-28(23,24)16-5-3-4-15(12-16)25-2/h3-5,12-13,19H,6-11H2,1-2H3. The quantitative estimate of drug-likeness (QED) is 0.645. The third kappa shape index (κ3) is 5.31. The van der Waals surface area contributed by atoms with Gasteiger partial charge in [-0.3, -0.25) is 0 Å². The SMILES string of the molecule is COc1cccc(S(=O)(=O)NCCOc2cc(N3CCOCC3)nc(C)n2)c1. The zero-order valence-electron chi connectivity index (χ0n) is 15.9. The maximum absolute atomic E-state index is 12.4. The summed E-state index contributed by atoms with van der Waals surface area (Å²) in [7, 11) is -2.16. The molecule has 0 aliphatic carbocycles. The van der Waals surface area contributed by atoms with E-state index < -0.39 is 10.0 Å². The third-order valence-corrected chi connectivity index (χ3v) is 5.59. The lowest BCUT2D eigenvalue weighted by molar-refractivity contribution is 0.122. The Morgan fingerprint density at radius 1 is 1.21 bits per heavy atom. The lowest BCUT2D eigenvalue weighted by atomic mass is 10.3. The summed E-state index contributed by atoms with van der Waals surface area (Å²) in [6.45, 7) is 4.88. The molecule has 28 heavy (non-hydrogen) atoms. The van der Waals surface area contributed by atoms with Crippen LogP contribution in [0.5, 0.6) is 11.6 Å². The fourth-order valence-corrected chi connectivity index (χ4v) is 3.78. The molecule has 0 bridgehead atoms. The minimum Gasteiger partial charge on any atom is -0.497 e. The lowest BCUT2D eigenvalue weighted by Crippen LogP contribution is -2.37. The van der Waals surface area contributed by atoms with E-state index in [-0.39, 0.29) is 18.0 Å². The van der Waals surface area contributed by atoms with Crippen LogP contribution in [-0.4, -0.2) is 65.0 Å². The molecule has 0 atom stereocenters. The highest BCUT2D eigenvalue weighted by Crippen LogP contribution is 2.19. The van der Waals surface area contributed by atoms with E-state index in [0.29, 0.717) is 30.7 Å². The molecule has 1 aromatic heterocycles. The molecule has 10 heteroatoms. The number of morpholine rings is 1. The Balaban J connectivity index is 1.56. The van der Waals surface area contributed by atoms with Crippen LogP contribution in [0.3, 0.4) is 0 Å². The van der Waals surface area contributed by atoms with Gasteiger partial charge in [-0.05, 0) is 19.1 Å². The first-order chi connectivity index (χ1) is 13.5. The predicted molar refractivity (Wildman–Crippen MR) is 103 cm³/mol. The Kier molecular flexibility index (Phi) is 6.65. The second-order valence-corrected chi connectivity index (χ2v) is 7.90. The highest BCUT2D eigenvalue weighted by atomic mass is 32.2. The number of sulfonamides is 1. The molecule has 0 saturated carbocycles. The molecule has 1 fully saturated rings. The number of rotatable bonds is 8. The minimum absolute atomic E-state index is 0.107. The molecule has 1 aliphatic rings. The zero-order valence-corrected chi connectivity index (χ0v) is 16.7. The predicted octanol–water partition coefficient (Wildman–Crippen LogP) is 0.988. The summed E-state index contributed by atoms with van der Waals surface area (Å²) in [5, 5.41) is 0. The van der Waals surface area contributed by atoms with Gasteiger partial charge in [0.15, 0.2) is 0 Å². The number of benzene rings is 1. The van der Waals surface area contributed by atoms with Gasteiger partial charge in [-0.1, -0.05) is 6.07 Å². The van der Waals surface area contributed by atoms with E-state index in [9.17, 15) is 8.42 Å². The number of ether oxygens (including phenoxy) is 3. The second kappa shape index (κ2) is 9.18. The average molecular weight is 408 g/mol. The number of hydrogen-bond donors (Lipinski definition) is 1. The number of aryl methyl sites for hydroxylation is 1. The maximum atomic E-state index is 12.4. The van der Waals surface area contributed by atoms with Crippen molar-refractivity contribution in [3.63, 3.8) is 0 Å². The number of aromatic nitrogens is 2. The van der Waals surface area contributed by atoms with E-state index >= 15 is 0 Å². The van der Waals surface area contributed by atoms with Crippen LogP contribution >= 0.6 is 0 Å². The minimum atomic E-state index is -3.65. The third-order valence-electron chi connectivity index (χ3n) is 4.13. The Labute approximate surface area is 164 Å². The molecule has 2 heterocycles. The van der Waals surface area contributed by atoms with Crippen LogP contribution < -0.4 is 19.1 Å². The van der Waals surface area contributed by atoms with Crippen molar-refractivity contribution in [3.05, 3.63) is 36.2 Å². The van der Waals surface area contributed by atoms with E-state index in [1.807, 2.05) is 0 Å². The molecule has 0 amide bonds. The Bertz CT molecular complexity index is 901. The van der Waals surface area contributed by atoms with E-state index in [2.05, 4.69) is 19.6 Å². The highest BCUT2D eigenvalue weighted by Gasteiger charge is 2.16. The largest absolute Gasteiger partial charge is 0.497 e. The number of methoxy groups -OCH3 is 1. The molecule has 0 radical (unpaired) electrons. The molecular formula is C18H24N4O5S. The molecule has 1 aliphatic heterocycles. The van der Waals surface area contributed by atoms with Gasteiger partial charge in [-0.15, -0.1) is 0 Å². The van der Waals surface area contributed by atoms with Gasteiger partial charge in [0.2, 0.25) is 15.9 Å². The van der Waals surface area contributed by atoms with Gasteiger partial charge in [-0.25, -0.2) is 18.1 Å². The van der Waals surface area contributed by atoms with Gasteiger partial charge in [0, 0.05) is 31.8 Å². The van der Waals surface area contributed by atoms with E-state index in [4.69, 9.17) is 14.2 Å². The summed E-state index contributed by atoms with van der Waals surface area (Å²) in [6, 6.07) is 8.04. The van der Waals surface area contributed by atoms with Crippen molar-refractivity contribution in [1.82, 2.24) is 14.7 Å². The second-order valence-electron chi connectivity index (χ2n) is 6.14. The molecule has 152 valence electrons. The van der Waals surface area contributed by atoms with Crippen LogP contribution in [0.1, 0.15) is 5.82 Å². The van der Waals surface area contributed by atoms with Gasteiger partial charge in [0.25, 0.3) is 0 Å². The summed E-state index contributed by atoms with van der Waals surface area (Å²) < 4.78 is 43.3. The summed E-state index contributed by atoms with van der Waals surface area (Å²) in [5.74, 6) is 2.26. The smallest absolute Gasteiger partial charge is 0.240 e. The van der Waals surface area contributed by atoms with Gasteiger partial charge < -0.3 is 19.1 Å². The molecule has 0 unspecified atom stereocenters. The number of nitrogens with one attached hydrogen (secondary N) is 1. The van der Waals surface area contributed by atoms with Crippen LogP contribution in [-0.2, 0) is 14.8 Å². The fraction of sp³-hybridized carbons (Fsp3) is 0.444. The van der Waals surface area contributed by atoms with Crippen LogP contribution in [0.2, 0.25) is 0 Å². The van der Waals surface area contributed by atoms with Crippen molar-refractivity contribution in [2.24, 2.45) is 0 Å². The Morgan fingerprint density at radius 3 is 2.75 bits per heavy atom. The first-order valence-electron chi connectivity index (χ1n) is 8.93. The van der Waals surface area contributed by atoms with Gasteiger partial charge in [0.05, 0.1) is 25.2 Å². The van der Waals surface area contributed by atoms with Crippen molar-refractivity contribution in [3.8, 4) is 11.6 Å². The molecule has 1 aromatic carbocycles.